The highest BCUT2D eigenvalue weighted by Crippen LogP contribution is 2.38. The highest BCUT2D eigenvalue weighted by atomic mass is 32.1. The van der Waals surface area contributed by atoms with Crippen LogP contribution in [-0.4, -0.2) is 26.4 Å². The minimum atomic E-state index is 0.198. The van der Waals surface area contributed by atoms with Gasteiger partial charge in [0, 0.05) is 42.4 Å². The topological polar surface area (TPSA) is 86.4 Å². The summed E-state index contributed by atoms with van der Waals surface area (Å²) in [6, 6.07) is 52.5. The lowest BCUT2D eigenvalue weighted by molar-refractivity contribution is 1.08. The summed E-state index contributed by atoms with van der Waals surface area (Å²) in [6.07, 6.45) is 3.60. The zero-order valence-corrected chi connectivity index (χ0v) is 29.2. The van der Waals surface area contributed by atoms with Crippen LogP contribution < -0.4 is 0 Å². The molecule has 248 valence electrons. The van der Waals surface area contributed by atoms with Crippen molar-refractivity contribution in [1.82, 2.24) is 15.0 Å². The molecule has 2 N–H and O–H groups in total. The van der Waals surface area contributed by atoms with Crippen molar-refractivity contribution in [3.63, 3.8) is 0 Å². The Bertz CT molecular complexity index is 2920. The maximum Gasteiger partial charge on any atom is 0.164 e. The number of rotatable bonds is 5. The first-order valence-electron chi connectivity index (χ1n) is 17.4. The lowest BCUT2D eigenvalue weighted by atomic mass is 9.88. The van der Waals surface area contributed by atoms with Gasteiger partial charge in [-0.25, -0.2) is 15.0 Å². The summed E-state index contributed by atoms with van der Waals surface area (Å²) >= 11 is 1.79. The molecular weight excluding hydrogens is 667 g/mol. The first kappa shape index (κ1) is 30.9. The minimum Gasteiger partial charge on any atom is -0.299 e. The van der Waals surface area contributed by atoms with E-state index in [-0.39, 0.29) is 11.4 Å². The van der Waals surface area contributed by atoms with Gasteiger partial charge in [-0.3, -0.25) is 10.8 Å². The van der Waals surface area contributed by atoms with E-state index < -0.39 is 0 Å². The molecule has 10 rings (SSSR count). The number of fused-ring (bicyclic) bond motifs is 6. The van der Waals surface area contributed by atoms with E-state index in [1.165, 1.54) is 20.2 Å². The lowest BCUT2D eigenvalue weighted by Crippen LogP contribution is -2.16. The van der Waals surface area contributed by atoms with E-state index >= 15 is 0 Å². The van der Waals surface area contributed by atoms with Crippen LogP contribution >= 0.6 is 11.3 Å². The third-order valence-corrected chi connectivity index (χ3v) is 11.1. The Labute approximate surface area is 309 Å². The van der Waals surface area contributed by atoms with E-state index in [1.54, 1.807) is 17.4 Å². The fourth-order valence-electron chi connectivity index (χ4n) is 7.26. The summed E-state index contributed by atoms with van der Waals surface area (Å²) in [5.41, 5.74) is 9.06. The smallest absolute Gasteiger partial charge is 0.164 e. The molecule has 0 aliphatic heterocycles. The van der Waals surface area contributed by atoms with Gasteiger partial charge in [0.05, 0.1) is 11.4 Å². The van der Waals surface area contributed by atoms with E-state index in [2.05, 4.69) is 127 Å². The molecule has 0 amide bonds. The predicted molar refractivity (Wildman–Crippen MR) is 221 cm³/mol. The standard InChI is InChI=1S/C47H29N5S/c48-40-21-19-31-17-15-30-16-18-32(26-38(30)43(31)44(40)49)45-50-46(33-20-22-42-39(27-33)37-13-7-8-14-41(37)53-42)52-47(51-45)36-24-34(28-9-3-1-4-10-28)23-35(25-36)29-11-5-2-6-12-29/h1-27,48-49H. The van der Waals surface area contributed by atoms with Crippen molar-refractivity contribution < 1.29 is 0 Å². The molecule has 0 bridgehead atoms. The largest absolute Gasteiger partial charge is 0.299 e. The summed E-state index contributed by atoms with van der Waals surface area (Å²) < 4.78 is 2.46. The van der Waals surface area contributed by atoms with Crippen molar-refractivity contribution >= 4 is 59.8 Å². The van der Waals surface area contributed by atoms with Gasteiger partial charge in [-0.05, 0) is 93.2 Å². The Hall–Kier alpha value is -6.89. The van der Waals surface area contributed by atoms with Crippen LogP contribution in [0.25, 0.3) is 93.4 Å². The van der Waals surface area contributed by atoms with Gasteiger partial charge in [0.25, 0.3) is 0 Å². The third kappa shape index (κ3) is 5.44. The molecular formula is C47H29N5S. The molecule has 1 aliphatic carbocycles. The molecule has 0 unspecified atom stereocenters. The van der Waals surface area contributed by atoms with Crippen LogP contribution in [0.2, 0.25) is 0 Å². The van der Waals surface area contributed by atoms with Gasteiger partial charge in [0.15, 0.2) is 17.5 Å². The van der Waals surface area contributed by atoms with Crippen LogP contribution in [0.5, 0.6) is 0 Å². The number of allylic oxidation sites excluding steroid dienone is 1. The fourth-order valence-corrected chi connectivity index (χ4v) is 8.35. The number of hydrogen-bond donors (Lipinski definition) is 2. The van der Waals surface area contributed by atoms with E-state index in [0.29, 0.717) is 17.5 Å². The first-order chi connectivity index (χ1) is 26.1. The van der Waals surface area contributed by atoms with E-state index in [9.17, 15) is 0 Å². The Morgan fingerprint density at radius 2 is 0.943 bits per heavy atom. The quantitative estimate of drug-likeness (QED) is 0.188. The van der Waals surface area contributed by atoms with Gasteiger partial charge in [0.2, 0.25) is 0 Å². The predicted octanol–water partition coefficient (Wildman–Crippen LogP) is 12.1. The van der Waals surface area contributed by atoms with Gasteiger partial charge in [-0.15, -0.1) is 11.3 Å². The summed E-state index contributed by atoms with van der Waals surface area (Å²) in [4.78, 5) is 15.6. The normalized spacial score (nSPS) is 12.5. The molecule has 0 saturated carbocycles. The van der Waals surface area contributed by atoms with Gasteiger partial charge < -0.3 is 0 Å². The van der Waals surface area contributed by atoms with Crippen molar-refractivity contribution in [2.75, 3.05) is 0 Å². The Kier molecular flexibility index (Phi) is 7.23. The maximum atomic E-state index is 8.80. The molecule has 0 radical (unpaired) electrons. The second-order valence-corrected chi connectivity index (χ2v) is 14.3. The number of nitrogens with one attached hydrogen (secondary N) is 2. The Balaban J connectivity index is 1.22. The Morgan fingerprint density at radius 1 is 0.396 bits per heavy atom. The lowest BCUT2D eigenvalue weighted by Gasteiger charge is -2.16. The van der Waals surface area contributed by atoms with E-state index in [0.717, 1.165) is 60.8 Å². The van der Waals surface area contributed by atoms with Gasteiger partial charge in [-0.2, -0.15) is 0 Å². The second kappa shape index (κ2) is 12.4. The zero-order chi connectivity index (χ0) is 35.5. The highest BCUT2D eigenvalue weighted by molar-refractivity contribution is 7.25. The van der Waals surface area contributed by atoms with Crippen molar-refractivity contribution in [2.45, 2.75) is 0 Å². The second-order valence-electron chi connectivity index (χ2n) is 13.2. The number of aromatic nitrogens is 3. The third-order valence-electron chi connectivity index (χ3n) is 9.94. The van der Waals surface area contributed by atoms with Crippen molar-refractivity contribution in [2.24, 2.45) is 0 Å². The molecule has 0 saturated heterocycles. The number of benzene rings is 7. The van der Waals surface area contributed by atoms with Gasteiger partial charge in [0.1, 0.15) is 0 Å². The monoisotopic (exact) mass is 695 g/mol. The van der Waals surface area contributed by atoms with Gasteiger partial charge in [-0.1, -0.05) is 109 Å². The fraction of sp³-hybridized carbons (Fsp3) is 0. The summed E-state index contributed by atoms with van der Waals surface area (Å²) in [5.74, 6) is 1.70. The van der Waals surface area contributed by atoms with Gasteiger partial charge >= 0.3 is 0 Å². The molecule has 0 atom stereocenters. The molecule has 2 heterocycles. The van der Waals surface area contributed by atoms with E-state index in [1.807, 2.05) is 30.3 Å². The van der Waals surface area contributed by atoms with Crippen LogP contribution in [0.1, 0.15) is 11.1 Å². The zero-order valence-electron chi connectivity index (χ0n) is 28.3. The van der Waals surface area contributed by atoms with Crippen LogP contribution in [-0.2, 0) is 0 Å². The molecule has 53 heavy (non-hydrogen) atoms. The van der Waals surface area contributed by atoms with Crippen molar-refractivity contribution in [3.05, 3.63) is 169 Å². The van der Waals surface area contributed by atoms with Crippen molar-refractivity contribution in [3.8, 4) is 56.4 Å². The average molecular weight is 696 g/mol. The number of hydrogen-bond acceptors (Lipinski definition) is 6. The summed E-state index contributed by atoms with van der Waals surface area (Å²) in [7, 11) is 0. The molecule has 2 aromatic heterocycles. The molecule has 7 aromatic carbocycles. The van der Waals surface area contributed by atoms with Crippen LogP contribution in [0.3, 0.4) is 0 Å². The summed E-state index contributed by atoms with van der Waals surface area (Å²) in [6.45, 7) is 0. The number of thiophene rings is 1. The first-order valence-corrected chi connectivity index (χ1v) is 18.2. The maximum absolute atomic E-state index is 8.80. The molecule has 9 aromatic rings. The Morgan fingerprint density at radius 3 is 1.64 bits per heavy atom. The molecule has 1 aliphatic rings. The average Bonchev–Trinajstić information content (AvgIpc) is 3.60. The van der Waals surface area contributed by atoms with Crippen LogP contribution in [0, 0.1) is 10.8 Å². The molecule has 0 fully saturated rings. The minimum absolute atomic E-state index is 0.198. The van der Waals surface area contributed by atoms with Crippen LogP contribution in [0.4, 0.5) is 0 Å². The molecule has 0 spiro atoms. The van der Waals surface area contributed by atoms with Crippen molar-refractivity contribution in [1.29, 1.82) is 10.8 Å². The summed E-state index contributed by atoms with van der Waals surface area (Å²) in [5, 5.41) is 21.5. The molecule has 5 nitrogen and oxygen atoms in total. The SMILES string of the molecule is N=C1C=Cc2ccc3ccc(-c4nc(-c5cc(-c6ccccc6)cc(-c6ccccc6)c5)nc(-c5ccc6sc7ccccc7c6c5)n4)cc3c2C1=N. The molecule has 6 heteroatoms. The number of nitrogens with zero attached hydrogens (tertiary/aromatic N) is 3. The van der Waals surface area contributed by atoms with Crippen LogP contribution in [0.15, 0.2) is 158 Å². The van der Waals surface area contributed by atoms with E-state index in [4.69, 9.17) is 25.8 Å². The highest BCUT2D eigenvalue weighted by Gasteiger charge is 2.20.